The predicted octanol–water partition coefficient (Wildman–Crippen LogP) is 3.38. The van der Waals surface area contributed by atoms with Gasteiger partial charge in [0, 0.05) is 17.6 Å². The van der Waals surface area contributed by atoms with Crippen molar-refractivity contribution in [2.24, 2.45) is 0 Å². The second-order valence-corrected chi connectivity index (χ2v) is 5.33. The minimum atomic E-state index is -0.172. The lowest BCUT2D eigenvalue weighted by Gasteiger charge is -2.22. The molecule has 0 aliphatic heterocycles. The fourth-order valence-corrected chi connectivity index (χ4v) is 2.06. The number of halogens is 1. The van der Waals surface area contributed by atoms with Crippen molar-refractivity contribution in [3.63, 3.8) is 0 Å². The molecule has 0 heterocycles. The van der Waals surface area contributed by atoms with Crippen LogP contribution in [0.15, 0.2) is 22.7 Å². The van der Waals surface area contributed by atoms with Gasteiger partial charge in [0.15, 0.2) is 0 Å². The van der Waals surface area contributed by atoms with Crippen molar-refractivity contribution in [3.05, 3.63) is 28.2 Å². The SMILES string of the molecule is CCCCN(CCO)C(=O)Nc1cc(C)ccc1Br. The number of urea groups is 1. The Morgan fingerprint density at radius 3 is 2.79 bits per heavy atom. The molecule has 0 aromatic heterocycles. The number of amides is 2. The summed E-state index contributed by atoms with van der Waals surface area (Å²) in [7, 11) is 0. The lowest BCUT2D eigenvalue weighted by atomic mass is 10.2. The Morgan fingerprint density at radius 2 is 2.16 bits per heavy atom. The number of carbonyl (C=O) groups excluding carboxylic acids is 1. The Morgan fingerprint density at radius 1 is 1.42 bits per heavy atom. The summed E-state index contributed by atoms with van der Waals surface area (Å²) in [4.78, 5) is 13.8. The van der Waals surface area contributed by atoms with E-state index in [1.807, 2.05) is 25.1 Å². The monoisotopic (exact) mass is 328 g/mol. The van der Waals surface area contributed by atoms with E-state index in [2.05, 4.69) is 28.2 Å². The number of carbonyl (C=O) groups is 1. The highest BCUT2D eigenvalue weighted by molar-refractivity contribution is 9.10. The lowest BCUT2D eigenvalue weighted by Crippen LogP contribution is -2.37. The summed E-state index contributed by atoms with van der Waals surface area (Å²) in [5.41, 5.74) is 1.84. The average Bonchev–Trinajstić information content (AvgIpc) is 2.38. The highest BCUT2D eigenvalue weighted by Crippen LogP contribution is 2.23. The fourth-order valence-electron chi connectivity index (χ4n) is 1.71. The Hall–Kier alpha value is -1.07. The normalized spacial score (nSPS) is 10.3. The first-order chi connectivity index (χ1) is 9.08. The molecular weight excluding hydrogens is 308 g/mol. The molecule has 2 amide bonds. The highest BCUT2D eigenvalue weighted by Gasteiger charge is 2.13. The molecule has 0 saturated carbocycles. The van der Waals surface area contributed by atoms with Crippen molar-refractivity contribution in [2.45, 2.75) is 26.7 Å². The summed E-state index contributed by atoms with van der Waals surface area (Å²) in [6.07, 6.45) is 1.95. The number of anilines is 1. The Balaban J connectivity index is 2.71. The molecule has 1 aromatic rings. The molecule has 0 fully saturated rings. The maximum Gasteiger partial charge on any atom is 0.321 e. The van der Waals surface area contributed by atoms with E-state index in [4.69, 9.17) is 5.11 Å². The number of unbranched alkanes of at least 4 members (excludes halogenated alkanes) is 1. The van der Waals surface area contributed by atoms with E-state index in [1.54, 1.807) is 4.90 Å². The van der Waals surface area contributed by atoms with Gasteiger partial charge in [0.2, 0.25) is 0 Å². The molecule has 0 bridgehead atoms. The van der Waals surface area contributed by atoms with Crippen LogP contribution in [-0.4, -0.2) is 35.7 Å². The summed E-state index contributed by atoms with van der Waals surface area (Å²) < 4.78 is 0.853. The van der Waals surface area contributed by atoms with Crippen molar-refractivity contribution < 1.29 is 9.90 Å². The number of aliphatic hydroxyl groups excluding tert-OH is 1. The van der Waals surface area contributed by atoms with Crippen molar-refractivity contribution in [3.8, 4) is 0 Å². The maximum atomic E-state index is 12.2. The number of nitrogens with zero attached hydrogens (tertiary/aromatic N) is 1. The van der Waals surface area contributed by atoms with E-state index < -0.39 is 0 Å². The number of hydrogen-bond donors (Lipinski definition) is 2. The molecule has 0 unspecified atom stereocenters. The van der Waals surface area contributed by atoms with Gasteiger partial charge < -0.3 is 15.3 Å². The third-order valence-corrected chi connectivity index (χ3v) is 3.49. The van der Waals surface area contributed by atoms with Gasteiger partial charge in [-0.25, -0.2) is 4.79 Å². The van der Waals surface area contributed by atoms with Gasteiger partial charge in [0.1, 0.15) is 0 Å². The molecule has 1 aromatic carbocycles. The Bertz CT molecular complexity index is 424. The molecule has 0 aliphatic rings. The van der Waals surface area contributed by atoms with Crippen LogP contribution in [0.4, 0.5) is 10.5 Å². The standard InChI is InChI=1S/C14H21BrN2O2/c1-3-4-7-17(8-9-18)14(19)16-13-10-11(2)5-6-12(13)15/h5-6,10,18H,3-4,7-9H2,1-2H3,(H,16,19). The molecule has 0 saturated heterocycles. The average molecular weight is 329 g/mol. The van der Waals surface area contributed by atoms with Crippen molar-refractivity contribution in [1.29, 1.82) is 0 Å². The number of aryl methyl sites for hydroxylation is 1. The first-order valence-corrected chi connectivity index (χ1v) is 7.30. The van der Waals surface area contributed by atoms with E-state index >= 15 is 0 Å². The van der Waals surface area contributed by atoms with Gasteiger partial charge >= 0.3 is 6.03 Å². The number of benzene rings is 1. The van der Waals surface area contributed by atoms with Gasteiger partial charge in [-0.3, -0.25) is 0 Å². The van der Waals surface area contributed by atoms with Crippen molar-refractivity contribution in [2.75, 3.05) is 25.0 Å². The van der Waals surface area contributed by atoms with Crippen LogP contribution in [0.2, 0.25) is 0 Å². The zero-order valence-corrected chi connectivity index (χ0v) is 13.0. The molecule has 2 N–H and O–H groups in total. The van der Waals surface area contributed by atoms with Crippen molar-refractivity contribution >= 4 is 27.6 Å². The van der Waals surface area contributed by atoms with E-state index in [1.165, 1.54) is 0 Å². The molecule has 5 heteroatoms. The molecular formula is C14H21BrN2O2. The third kappa shape index (κ3) is 5.20. The minimum absolute atomic E-state index is 0.0217. The van der Waals surface area contributed by atoms with E-state index in [-0.39, 0.29) is 12.6 Å². The van der Waals surface area contributed by atoms with Crippen LogP contribution in [0.1, 0.15) is 25.3 Å². The van der Waals surface area contributed by atoms with Crippen LogP contribution >= 0.6 is 15.9 Å². The summed E-state index contributed by atoms with van der Waals surface area (Å²) in [6.45, 7) is 5.05. The first-order valence-electron chi connectivity index (χ1n) is 6.51. The molecule has 0 atom stereocenters. The van der Waals surface area contributed by atoms with E-state index in [9.17, 15) is 4.79 Å². The van der Waals surface area contributed by atoms with Gasteiger partial charge in [0.05, 0.1) is 12.3 Å². The van der Waals surface area contributed by atoms with E-state index in [0.29, 0.717) is 13.1 Å². The summed E-state index contributed by atoms with van der Waals surface area (Å²) in [5, 5.41) is 11.9. The van der Waals surface area contributed by atoms with Gasteiger partial charge in [0.25, 0.3) is 0 Å². The molecule has 0 spiro atoms. The minimum Gasteiger partial charge on any atom is -0.395 e. The molecule has 4 nitrogen and oxygen atoms in total. The zero-order chi connectivity index (χ0) is 14.3. The molecule has 106 valence electrons. The maximum absolute atomic E-state index is 12.2. The topological polar surface area (TPSA) is 52.6 Å². The van der Waals surface area contributed by atoms with Crippen molar-refractivity contribution in [1.82, 2.24) is 4.90 Å². The van der Waals surface area contributed by atoms with Crippen LogP contribution in [0, 0.1) is 6.92 Å². The largest absolute Gasteiger partial charge is 0.395 e. The molecule has 0 aliphatic carbocycles. The molecule has 1 rings (SSSR count). The van der Waals surface area contributed by atoms with Gasteiger partial charge in [-0.2, -0.15) is 0 Å². The van der Waals surface area contributed by atoms with Gasteiger partial charge in [-0.15, -0.1) is 0 Å². The predicted molar refractivity (Wildman–Crippen MR) is 81.5 cm³/mol. The number of nitrogens with one attached hydrogen (secondary N) is 1. The second-order valence-electron chi connectivity index (χ2n) is 4.48. The van der Waals surface area contributed by atoms with Gasteiger partial charge in [-0.1, -0.05) is 19.4 Å². The lowest BCUT2D eigenvalue weighted by molar-refractivity contribution is 0.187. The fraction of sp³-hybridized carbons (Fsp3) is 0.500. The van der Waals surface area contributed by atoms with Crippen LogP contribution < -0.4 is 5.32 Å². The first kappa shape index (κ1) is 16.0. The summed E-state index contributed by atoms with van der Waals surface area (Å²) in [6, 6.07) is 5.63. The Labute approximate surface area is 122 Å². The van der Waals surface area contributed by atoms with Crippen LogP contribution in [0.5, 0.6) is 0 Å². The van der Waals surface area contributed by atoms with Crippen LogP contribution in [0.25, 0.3) is 0 Å². The summed E-state index contributed by atoms with van der Waals surface area (Å²) in [5.74, 6) is 0. The number of hydrogen-bond acceptors (Lipinski definition) is 2. The van der Waals surface area contributed by atoms with Crippen LogP contribution in [0.3, 0.4) is 0 Å². The Kier molecular flexibility index (Phi) is 6.87. The third-order valence-electron chi connectivity index (χ3n) is 2.80. The quantitative estimate of drug-likeness (QED) is 0.841. The molecule has 19 heavy (non-hydrogen) atoms. The zero-order valence-electron chi connectivity index (χ0n) is 11.4. The smallest absolute Gasteiger partial charge is 0.321 e. The van der Waals surface area contributed by atoms with Gasteiger partial charge in [-0.05, 0) is 47.0 Å². The second kappa shape index (κ2) is 8.17. The molecule has 0 radical (unpaired) electrons. The summed E-state index contributed by atoms with van der Waals surface area (Å²) >= 11 is 3.42. The van der Waals surface area contributed by atoms with Crippen LogP contribution in [-0.2, 0) is 0 Å². The van der Waals surface area contributed by atoms with E-state index in [0.717, 1.165) is 28.6 Å². The highest BCUT2D eigenvalue weighted by atomic mass is 79.9. The number of aliphatic hydroxyl groups is 1. The number of rotatable bonds is 6.